The van der Waals surface area contributed by atoms with Crippen molar-refractivity contribution in [3.05, 3.63) is 107 Å². The number of ether oxygens (including phenoxy) is 1. The van der Waals surface area contributed by atoms with Crippen LogP contribution < -0.4 is 10.9 Å². The molecule has 4 rings (SSSR count). The fourth-order valence-electron chi connectivity index (χ4n) is 5.55. The lowest BCUT2D eigenvalue weighted by atomic mass is 9.92. The molecule has 8 heteroatoms. The Hall–Kier alpha value is -3.04. The molecule has 0 aliphatic carbocycles. The summed E-state index contributed by atoms with van der Waals surface area (Å²) < 4.78 is 29.3. The number of carbonyl (C=O) groups is 1. The molecule has 1 aliphatic heterocycles. The topological polar surface area (TPSA) is 116 Å². The fraction of sp³-hybridized carbons (Fsp3) is 0.406. The van der Waals surface area contributed by atoms with Gasteiger partial charge in [-0.2, -0.15) is 0 Å². The lowest BCUT2D eigenvalue weighted by Crippen LogP contribution is -2.43. The van der Waals surface area contributed by atoms with Crippen LogP contribution >= 0.6 is 0 Å². The first-order valence-electron chi connectivity index (χ1n) is 14.0. The zero-order valence-electron chi connectivity index (χ0n) is 23.2. The number of nitrogens with zero attached hydrogens (tertiary/aromatic N) is 1. The molecule has 3 atom stereocenters. The summed E-state index contributed by atoms with van der Waals surface area (Å²) in [6, 6.07) is 27.9. The molecule has 3 aromatic carbocycles. The maximum atomic E-state index is 13.7. The Labute approximate surface area is 238 Å². The van der Waals surface area contributed by atoms with Crippen molar-refractivity contribution in [2.45, 2.75) is 56.5 Å². The summed E-state index contributed by atoms with van der Waals surface area (Å²) in [7, 11) is -3.57. The van der Waals surface area contributed by atoms with Crippen LogP contribution in [0.5, 0.6) is 0 Å². The molecule has 3 unspecified atom stereocenters. The van der Waals surface area contributed by atoms with E-state index in [1.54, 1.807) is 0 Å². The van der Waals surface area contributed by atoms with Gasteiger partial charge < -0.3 is 15.4 Å². The van der Waals surface area contributed by atoms with Crippen molar-refractivity contribution in [1.82, 2.24) is 4.90 Å². The van der Waals surface area contributed by atoms with Crippen molar-refractivity contribution in [2.24, 2.45) is 10.9 Å². The second-order valence-electron chi connectivity index (χ2n) is 11.2. The van der Waals surface area contributed by atoms with Crippen molar-refractivity contribution in [1.29, 1.82) is 0 Å². The average molecular weight is 564 g/mol. The van der Waals surface area contributed by atoms with Gasteiger partial charge in [0, 0.05) is 23.6 Å². The third-order valence-electron chi connectivity index (χ3n) is 7.49. The van der Waals surface area contributed by atoms with Crippen molar-refractivity contribution in [3.8, 4) is 0 Å². The summed E-state index contributed by atoms with van der Waals surface area (Å²) in [4.78, 5) is 15.6. The van der Waals surface area contributed by atoms with E-state index in [0.29, 0.717) is 38.0 Å². The number of sulfonamides is 1. The van der Waals surface area contributed by atoms with Crippen LogP contribution in [0.25, 0.3) is 0 Å². The van der Waals surface area contributed by atoms with Gasteiger partial charge in [0.15, 0.2) is 0 Å². The highest BCUT2D eigenvalue weighted by Crippen LogP contribution is 2.33. The van der Waals surface area contributed by atoms with Crippen LogP contribution in [-0.4, -0.2) is 50.3 Å². The van der Waals surface area contributed by atoms with Gasteiger partial charge in [-0.25, -0.2) is 13.6 Å². The van der Waals surface area contributed by atoms with Gasteiger partial charge in [-0.1, -0.05) is 72.8 Å². The van der Waals surface area contributed by atoms with E-state index in [-0.39, 0.29) is 23.6 Å². The van der Waals surface area contributed by atoms with Crippen LogP contribution in [-0.2, 0) is 21.2 Å². The summed E-state index contributed by atoms with van der Waals surface area (Å²) in [6.45, 7) is 3.40. The minimum Gasteiger partial charge on any atom is -0.379 e. The number of amides is 1. The van der Waals surface area contributed by atoms with Crippen molar-refractivity contribution >= 4 is 15.9 Å². The molecule has 4 N–H and O–H groups in total. The van der Waals surface area contributed by atoms with Gasteiger partial charge >= 0.3 is 0 Å². The molecule has 214 valence electrons. The van der Waals surface area contributed by atoms with Crippen molar-refractivity contribution in [3.63, 3.8) is 0 Å². The van der Waals surface area contributed by atoms with Gasteiger partial charge in [0.2, 0.25) is 10.0 Å². The van der Waals surface area contributed by atoms with E-state index in [1.807, 2.05) is 84.6 Å². The number of benzene rings is 3. The number of carbonyl (C=O) groups excluding carboxylic acids is 1. The maximum Gasteiger partial charge on any atom is 0.254 e. The van der Waals surface area contributed by atoms with Crippen LogP contribution in [0.2, 0.25) is 0 Å². The van der Waals surface area contributed by atoms with Gasteiger partial charge in [0.1, 0.15) is 0 Å². The summed E-state index contributed by atoms with van der Waals surface area (Å²) in [5.74, 6) is -0.197. The van der Waals surface area contributed by atoms with Crippen LogP contribution in [0.15, 0.2) is 84.9 Å². The Balaban J connectivity index is 1.46. The lowest BCUT2D eigenvalue weighted by Gasteiger charge is -2.27. The molecule has 1 saturated heterocycles. The van der Waals surface area contributed by atoms with E-state index >= 15 is 0 Å². The average Bonchev–Trinajstić information content (AvgIpc) is 3.42. The summed E-state index contributed by atoms with van der Waals surface area (Å²) in [5, 5.41) is 5.26. The highest BCUT2D eigenvalue weighted by molar-refractivity contribution is 7.89. The molecule has 1 fully saturated rings. The molecular formula is C32H41N3O4S. The molecule has 0 aromatic heterocycles. The molecule has 0 bridgehead atoms. The smallest absolute Gasteiger partial charge is 0.254 e. The molecule has 0 spiro atoms. The molecule has 3 aromatic rings. The first-order chi connectivity index (χ1) is 19.1. The maximum absolute atomic E-state index is 13.7. The van der Waals surface area contributed by atoms with E-state index in [4.69, 9.17) is 15.6 Å². The molecular weight excluding hydrogens is 522 g/mol. The van der Waals surface area contributed by atoms with E-state index in [9.17, 15) is 13.2 Å². The van der Waals surface area contributed by atoms with Gasteiger partial charge in [-0.05, 0) is 67.9 Å². The second kappa shape index (κ2) is 13.5. The summed E-state index contributed by atoms with van der Waals surface area (Å²) >= 11 is 0. The van der Waals surface area contributed by atoms with Crippen molar-refractivity contribution in [2.75, 3.05) is 25.5 Å². The molecule has 0 radical (unpaired) electrons. The monoisotopic (exact) mass is 563 g/mol. The van der Waals surface area contributed by atoms with E-state index in [2.05, 4.69) is 12.1 Å². The lowest BCUT2D eigenvalue weighted by molar-refractivity contribution is 0.0733. The summed E-state index contributed by atoms with van der Waals surface area (Å²) in [6.07, 6.45) is 3.55. The summed E-state index contributed by atoms with van der Waals surface area (Å²) in [5.41, 5.74) is 9.86. The Morgan fingerprint density at radius 3 is 2.45 bits per heavy atom. The Bertz CT molecular complexity index is 1350. The number of nitrogens with two attached hydrogens (primary N) is 2. The number of hydrogen-bond acceptors (Lipinski definition) is 5. The predicted octanol–water partition coefficient (Wildman–Crippen LogP) is 4.79. The third-order valence-corrected chi connectivity index (χ3v) is 8.34. The first-order valence-corrected chi connectivity index (χ1v) is 15.7. The minimum absolute atomic E-state index is 0.00908. The van der Waals surface area contributed by atoms with Gasteiger partial charge in [0.25, 0.3) is 5.91 Å². The van der Waals surface area contributed by atoms with E-state index in [1.165, 1.54) is 0 Å². The van der Waals surface area contributed by atoms with Gasteiger partial charge in [-0.3, -0.25) is 4.79 Å². The second-order valence-corrected chi connectivity index (χ2v) is 13.0. The number of rotatable bonds is 13. The molecule has 0 saturated carbocycles. The molecule has 1 heterocycles. The number of primary sulfonamides is 1. The fourth-order valence-corrected chi connectivity index (χ4v) is 6.12. The SMILES string of the molecule is CC(N)(COCC(CCCS(N)(=O)=O)c1cccc(C(=O)N2CCCC2c2ccccc2)c1)Cc1ccccc1. The standard InChI is InChI=1S/C32H41N3O4S/c1-32(33,22-25-11-4-2-5-12-25)24-39-23-29(17-10-20-40(34,37)38)27-15-8-16-28(21-27)31(36)35-19-9-18-30(35)26-13-6-3-7-14-26/h2-8,11-16,21,29-30H,9-10,17-20,22-24,33H2,1H3,(H2,34,37,38). The van der Waals surface area contributed by atoms with Crippen LogP contribution in [0.4, 0.5) is 0 Å². The highest BCUT2D eigenvalue weighted by Gasteiger charge is 2.31. The zero-order chi connectivity index (χ0) is 28.6. The predicted molar refractivity (Wildman–Crippen MR) is 159 cm³/mol. The van der Waals surface area contributed by atoms with E-state index < -0.39 is 15.6 Å². The number of hydrogen-bond donors (Lipinski definition) is 2. The van der Waals surface area contributed by atoms with Crippen LogP contribution in [0.3, 0.4) is 0 Å². The molecule has 40 heavy (non-hydrogen) atoms. The molecule has 1 aliphatic rings. The Morgan fingerprint density at radius 2 is 1.75 bits per heavy atom. The minimum atomic E-state index is -3.57. The molecule has 1 amide bonds. The molecule has 7 nitrogen and oxygen atoms in total. The largest absolute Gasteiger partial charge is 0.379 e. The van der Waals surface area contributed by atoms with Crippen LogP contribution in [0, 0.1) is 0 Å². The first kappa shape index (κ1) is 29.9. The van der Waals surface area contributed by atoms with Crippen LogP contribution in [0.1, 0.15) is 71.6 Å². The Morgan fingerprint density at radius 1 is 1.05 bits per heavy atom. The third kappa shape index (κ3) is 8.73. The normalized spacial score (nSPS) is 17.9. The quantitative estimate of drug-likeness (QED) is 0.310. The Kier molecular flexibility index (Phi) is 10.1. The van der Waals surface area contributed by atoms with Gasteiger partial charge in [-0.15, -0.1) is 0 Å². The van der Waals surface area contributed by atoms with Crippen molar-refractivity contribution < 1.29 is 17.9 Å². The number of likely N-dealkylation sites (tertiary alicyclic amines) is 1. The zero-order valence-corrected chi connectivity index (χ0v) is 24.1. The highest BCUT2D eigenvalue weighted by atomic mass is 32.2. The van der Waals surface area contributed by atoms with Gasteiger partial charge in [0.05, 0.1) is 25.0 Å². The van der Waals surface area contributed by atoms with E-state index in [0.717, 1.165) is 36.1 Å².